The molecule has 6 heteroatoms. The Hall–Kier alpha value is -0.210. The summed E-state index contributed by atoms with van der Waals surface area (Å²) < 4.78 is 4.01. The molecule has 0 amide bonds. The maximum absolute atomic E-state index is 7.86. The van der Waals surface area contributed by atoms with Gasteiger partial charge in [-0.3, -0.25) is 5.41 Å². The number of rotatable bonds is 3. The van der Waals surface area contributed by atoms with Gasteiger partial charge in [0.15, 0.2) is 0 Å². The van der Waals surface area contributed by atoms with Gasteiger partial charge in [-0.15, -0.1) is 0 Å². The molecule has 0 atom stereocenters. The molecule has 90 valence electrons. The molecule has 2 aromatic rings. The van der Waals surface area contributed by atoms with Gasteiger partial charge in [0, 0.05) is 8.04 Å². The number of aryl methyl sites for hydroxylation is 1. The molecule has 0 spiro atoms. The van der Waals surface area contributed by atoms with Crippen molar-refractivity contribution in [1.29, 1.82) is 5.41 Å². The Bertz CT molecular complexity index is 591. The van der Waals surface area contributed by atoms with E-state index in [4.69, 9.17) is 5.41 Å². The van der Waals surface area contributed by atoms with Gasteiger partial charge >= 0.3 is 0 Å². The first-order chi connectivity index (χ1) is 8.10. The minimum Gasteiger partial charge on any atom is -0.274 e. The first-order valence-corrected chi connectivity index (χ1v) is 7.84. The molecule has 0 saturated heterocycles. The summed E-state index contributed by atoms with van der Waals surface area (Å²) in [5, 5.41) is 13.3. The fraction of sp³-hybridized carbons (Fsp3) is 0.273. The Morgan fingerprint density at radius 3 is 2.88 bits per heavy atom. The van der Waals surface area contributed by atoms with E-state index >= 15 is 0 Å². The predicted octanol–water partition coefficient (Wildman–Crippen LogP) is 3.40. The SMILES string of the molecule is CCc1nn(Cc2ccc(I)cc2Br)c(=N)s1. The minimum absolute atomic E-state index is 0.507. The van der Waals surface area contributed by atoms with Gasteiger partial charge in [0.2, 0.25) is 4.80 Å². The lowest BCUT2D eigenvalue weighted by Crippen LogP contribution is -2.16. The maximum atomic E-state index is 7.86. The third kappa shape index (κ3) is 3.17. The van der Waals surface area contributed by atoms with Crippen LogP contribution in [0.25, 0.3) is 0 Å². The third-order valence-corrected chi connectivity index (χ3v) is 4.74. The summed E-state index contributed by atoms with van der Waals surface area (Å²) in [6.45, 7) is 2.70. The number of nitrogens with zero attached hydrogens (tertiary/aromatic N) is 2. The molecule has 17 heavy (non-hydrogen) atoms. The maximum Gasteiger partial charge on any atom is 0.200 e. The Balaban J connectivity index is 2.31. The monoisotopic (exact) mass is 423 g/mol. The lowest BCUT2D eigenvalue weighted by molar-refractivity contribution is 0.636. The molecule has 0 aliphatic heterocycles. The number of benzene rings is 1. The lowest BCUT2D eigenvalue weighted by atomic mass is 10.2. The van der Waals surface area contributed by atoms with Gasteiger partial charge in [0.1, 0.15) is 5.01 Å². The molecule has 2 rings (SSSR count). The second-order valence-corrected chi connectivity index (χ2v) is 6.71. The average Bonchev–Trinajstić information content (AvgIpc) is 2.64. The fourth-order valence-electron chi connectivity index (χ4n) is 1.43. The molecular formula is C11H11BrIN3S. The van der Waals surface area contributed by atoms with Gasteiger partial charge in [0.25, 0.3) is 0 Å². The van der Waals surface area contributed by atoms with Crippen LogP contribution in [0.15, 0.2) is 22.7 Å². The van der Waals surface area contributed by atoms with Crippen molar-refractivity contribution in [3.63, 3.8) is 0 Å². The molecule has 1 N–H and O–H groups in total. The summed E-state index contributed by atoms with van der Waals surface area (Å²) in [4.78, 5) is 0.507. The molecule has 0 saturated carbocycles. The van der Waals surface area contributed by atoms with Crippen LogP contribution in [0, 0.1) is 8.98 Å². The normalized spacial score (nSPS) is 10.8. The summed E-state index contributed by atoms with van der Waals surface area (Å²) in [5.74, 6) is 0. The highest BCUT2D eigenvalue weighted by molar-refractivity contribution is 14.1. The molecule has 0 aliphatic rings. The topological polar surface area (TPSA) is 41.7 Å². The van der Waals surface area contributed by atoms with Gasteiger partial charge in [0.05, 0.1) is 6.54 Å². The van der Waals surface area contributed by atoms with Crippen molar-refractivity contribution in [2.75, 3.05) is 0 Å². The third-order valence-electron chi connectivity index (χ3n) is 2.32. The van der Waals surface area contributed by atoms with E-state index in [1.165, 1.54) is 14.9 Å². The second-order valence-electron chi connectivity index (χ2n) is 3.55. The highest BCUT2D eigenvalue weighted by Crippen LogP contribution is 2.20. The standard InChI is InChI=1S/C11H11BrIN3S/c1-2-10-15-16(11(14)17-10)6-7-3-4-8(13)5-9(7)12/h3-5,14H,2,6H2,1H3. The van der Waals surface area contributed by atoms with Crippen LogP contribution in [-0.2, 0) is 13.0 Å². The van der Waals surface area contributed by atoms with Crippen LogP contribution in [0.3, 0.4) is 0 Å². The van der Waals surface area contributed by atoms with E-state index < -0.39 is 0 Å². The number of hydrogen-bond acceptors (Lipinski definition) is 3. The predicted molar refractivity (Wildman–Crippen MR) is 81.3 cm³/mol. The molecule has 0 unspecified atom stereocenters. The van der Waals surface area contributed by atoms with Crippen molar-refractivity contribution >= 4 is 49.9 Å². The zero-order chi connectivity index (χ0) is 12.4. The van der Waals surface area contributed by atoms with Crippen LogP contribution in [0.4, 0.5) is 0 Å². The van der Waals surface area contributed by atoms with E-state index in [1.807, 2.05) is 0 Å². The molecule has 1 aromatic carbocycles. The van der Waals surface area contributed by atoms with Crippen molar-refractivity contribution in [2.45, 2.75) is 19.9 Å². The number of aromatic nitrogens is 2. The Morgan fingerprint density at radius 2 is 2.29 bits per heavy atom. The van der Waals surface area contributed by atoms with E-state index in [0.717, 1.165) is 21.5 Å². The average molecular weight is 424 g/mol. The second kappa shape index (κ2) is 5.62. The molecule has 1 heterocycles. The summed E-state index contributed by atoms with van der Waals surface area (Å²) in [7, 11) is 0. The zero-order valence-electron chi connectivity index (χ0n) is 9.20. The van der Waals surface area contributed by atoms with E-state index in [1.54, 1.807) is 4.68 Å². The van der Waals surface area contributed by atoms with Crippen molar-refractivity contribution in [1.82, 2.24) is 9.78 Å². The van der Waals surface area contributed by atoms with Crippen molar-refractivity contribution in [3.8, 4) is 0 Å². The fourth-order valence-corrected chi connectivity index (χ4v) is 3.57. The quantitative estimate of drug-likeness (QED) is 0.755. The Labute approximate surface area is 126 Å². The zero-order valence-corrected chi connectivity index (χ0v) is 13.8. The molecule has 0 aliphatic carbocycles. The molecule has 0 radical (unpaired) electrons. The first kappa shape index (κ1) is 13.2. The van der Waals surface area contributed by atoms with Crippen molar-refractivity contribution < 1.29 is 0 Å². The Kier molecular flexibility index (Phi) is 4.37. The smallest absolute Gasteiger partial charge is 0.200 e. The van der Waals surface area contributed by atoms with E-state index in [9.17, 15) is 0 Å². The van der Waals surface area contributed by atoms with Crippen LogP contribution < -0.4 is 4.80 Å². The summed E-state index contributed by atoms with van der Waals surface area (Å²) >= 11 is 7.28. The van der Waals surface area contributed by atoms with Gasteiger partial charge in [-0.2, -0.15) is 5.10 Å². The number of halogens is 2. The van der Waals surface area contributed by atoms with Gasteiger partial charge in [-0.1, -0.05) is 40.3 Å². The van der Waals surface area contributed by atoms with Crippen LogP contribution >= 0.6 is 49.9 Å². The number of hydrogen-bond donors (Lipinski definition) is 1. The minimum atomic E-state index is 0.507. The summed E-state index contributed by atoms with van der Waals surface area (Å²) in [6.07, 6.45) is 0.886. The van der Waals surface area contributed by atoms with Crippen LogP contribution in [0.2, 0.25) is 0 Å². The largest absolute Gasteiger partial charge is 0.274 e. The Morgan fingerprint density at radius 1 is 1.53 bits per heavy atom. The molecule has 0 bridgehead atoms. The highest BCUT2D eigenvalue weighted by Gasteiger charge is 2.06. The highest BCUT2D eigenvalue weighted by atomic mass is 127. The first-order valence-electron chi connectivity index (χ1n) is 5.15. The summed E-state index contributed by atoms with van der Waals surface area (Å²) in [6, 6.07) is 6.22. The van der Waals surface area contributed by atoms with Crippen LogP contribution in [0.5, 0.6) is 0 Å². The molecular weight excluding hydrogens is 413 g/mol. The van der Waals surface area contributed by atoms with Crippen LogP contribution in [0.1, 0.15) is 17.5 Å². The van der Waals surface area contributed by atoms with Gasteiger partial charge in [-0.25, -0.2) is 4.68 Å². The van der Waals surface area contributed by atoms with Crippen LogP contribution in [-0.4, -0.2) is 9.78 Å². The number of nitrogens with one attached hydrogen (secondary N) is 1. The van der Waals surface area contributed by atoms with E-state index in [2.05, 4.69) is 68.7 Å². The summed E-state index contributed by atoms with van der Waals surface area (Å²) in [5.41, 5.74) is 1.15. The van der Waals surface area contributed by atoms with E-state index in [0.29, 0.717) is 11.3 Å². The van der Waals surface area contributed by atoms with Crippen molar-refractivity contribution in [3.05, 3.63) is 41.6 Å². The molecule has 1 aromatic heterocycles. The van der Waals surface area contributed by atoms with Gasteiger partial charge in [-0.05, 0) is 46.7 Å². The lowest BCUT2D eigenvalue weighted by Gasteiger charge is -2.04. The van der Waals surface area contributed by atoms with Gasteiger partial charge < -0.3 is 0 Å². The molecule has 3 nitrogen and oxygen atoms in total. The van der Waals surface area contributed by atoms with E-state index in [-0.39, 0.29) is 0 Å². The molecule has 0 fully saturated rings. The van der Waals surface area contributed by atoms with Crippen molar-refractivity contribution in [2.24, 2.45) is 0 Å².